The molecule has 0 unspecified atom stereocenters. The zero-order valence-electron chi connectivity index (χ0n) is 20.0. The minimum Gasteiger partial charge on any atom is -0.493 e. The molecule has 0 aliphatic carbocycles. The van der Waals surface area contributed by atoms with Crippen LogP contribution in [0, 0.1) is 6.92 Å². The van der Waals surface area contributed by atoms with Crippen LogP contribution in [-0.2, 0) is 6.61 Å². The maximum Gasteiger partial charge on any atom is 0.292 e. The Morgan fingerprint density at radius 1 is 1.14 bits per heavy atom. The molecule has 0 fully saturated rings. The third kappa shape index (κ3) is 4.80. The fraction of sp³-hybridized carbons (Fsp3) is 0.120. The second kappa shape index (κ2) is 10.2. The normalized spacial score (nSPS) is 11.2. The lowest BCUT2D eigenvalue weighted by Crippen LogP contribution is -2.22. The summed E-state index contributed by atoms with van der Waals surface area (Å²) >= 11 is 0. The molecule has 5 aromatic rings. The number of benzene rings is 3. The second-order valence-electron chi connectivity index (χ2n) is 7.94. The van der Waals surface area contributed by atoms with Crippen molar-refractivity contribution in [2.24, 2.45) is 5.10 Å². The number of amides is 1. The molecule has 0 aliphatic rings. The van der Waals surface area contributed by atoms with Gasteiger partial charge in [-0.3, -0.25) is 4.79 Å². The summed E-state index contributed by atoms with van der Waals surface area (Å²) in [7, 11) is 1.56. The molecule has 0 aliphatic heterocycles. The third-order valence-corrected chi connectivity index (χ3v) is 5.58. The molecular weight excluding hydrogens is 476 g/mol. The fourth-order valence-electron chi connectivity index (χ4n) is 3.78. The van der Waals surface area contributed by atoms with E-state index in [1.807, 2.05) is 24.3 Å². The van der Waals surface area contributed by atoms with Crippen LogP contribution in [0.1, 0.15) is 27.3 Å². The molecule has 3 N–H and O–H groups in total. The van der Waals surface area contributed by atoms with Crippen LogP contribution in [0.25, 0.3) is 16.6 Å². The zero-order valence-corrected chi connectivity index (χ0v) is 20.0. The Morgan fingerprint density at radius 2 is 1.97 bits per heavy atom. The highest BCUT2D eigenvalue weighted by Gasteiger charge is 2.22. The van der Waals surface area contributed by atoms with E-state index in [0.29, 0.717) is 29.4 Å². The number of methoxy groups -OCH3 is 1. The second-order valence-corrected chi connectivity index (χ2v) is 7.94. The van der Waals surface area contributed by atoms with Gasteiger partial charge >= 0.3 is 0 Å². The summed E-state index contributed by atoms with van der Waals surface area (Å²) < 4.78 is 17.3. The molecule has 0 saturated heterocycles. The van der Waals surface area contributed by atoms with Crippen LogP contribution >= 0.6 is 0 Å². The van der Waals surface area contributed by atoms with E-state index >= 15 is 0 Å². The Bertz CT molecular complexity index is 1600. The van der Waals surface area contributed by atoms with E-state index in [-0.39, 0.29) is 17.3 Å². The van der Waals surface area contributed by atoms with Gasteiger partial charge in [0.1, 0.15) is 6.61 Å². The number of nitrogens with one attached hydrogen (secondary N) is 1. The number of hydrogen-bond acceptors (Lipinski definition) is 10. The first kappa shape index (κ1) is 23.5. The fourth-order valence-corrected chi connectivity index (χ4v) is 3.78. The van der Waals surface area contributed by atoms with Gasteiger partial charge in [0.25, 0.3) is 5.91 Å². The maximum atomic E-state index is 12.7. The predicted molar refractivity (Wildman–Crippen MR) is 135 cm³/mol. The van der Waals surface area contributed by atoms with Crippen LogP contribution in [-0.4, -0.2) is 44.5 Å². The van der Waals surface area contributed by atoms with E-state index in [1.54, 1.807) is 32.2 Å². The lowest BCUT2D eigenvalue weighted by atomic mass is 10.1. The molecule has 2 heterocycles. The van der Waals surface area contributed by atoms with E-state index in [9.17, 15) is 4.79 Å². The van der Waals surface area contributed by atoms with Crippen molar-refractivity contribution >= 4 is 28.7 Å². The van der Waals surface area contributed by atoms with Crippen molar-refractivity contribution in [3.05, 3.63) is 83.2 Å². The maximum absolute atomic E-state index is 12.7. The largest absolute Gasteiger partial charge is 0.493 e. The van der Waals surface area contributed by atoms with Crippen molar-refractivity contribution in [3.8, 4) is 17.3 Å². The Kier molecular flexibility index (Phi) is 6.45. The summed E-state index contributed by atoms with van der Waals surface area (Å²) in [6, 6.07) is 19.6. The number of nitrogens with two attached hydrogens (primary N) is 1. The predicted octanol–water partition coefficient (Wildman–Crippen LogP) is 3.05. The van der Waals surface area contributed by atoms with Gasteiger partial charge in [-0.1, -0.05) is 47.7 Å². The standard InChI is InChI=1S/C25H22N8O4/c1-15-22(33(32-28-15)24-23(26)30-37-31-24)25(34)29-27-13-16-10-11-20(21(12-16)35-2)36-14-18-8-5-7-17-6-3-4-9-19(17)18/h3-13H,14H2,1-2H3,(H2,26,30)(H,29,34)/b27-13+. The number of nitrogens with zero attached hydrogens (tertiary/aromatic N) is 6. The topological polar surface area (TPSA) is 156 Å². The van der Waals surface area contributed by atoms with Crippen molar-refractivity contribution < 1.29 is 18.9 Å². The minimum atomic E-state index is -0.567. The Balaban J connectivity index is 1.28. The van der Waals surface area contributed by atoms with Crippen LogP contribution in [0.5, 0.6) is 11.5 Å². The Hall–Kier alpha value is -5.26. The lowest BCUT2D eigenvalue weighted by Gasteiger charge is -2.12. The van der Waals surface area contributed by atoms with Crippen LogP contribution in [0.3, 0.4) is 0 Å². The van der Waals surface area contributed by atoms with Gasteiger partial charge in [0, 0.05) is 0 Å². The first-order valence-electron chi connectivity index (χ1n) is 11.2. The number of nitrogen functional groups attached to an aromatic ring is 1. The van der Waals surface area contributed by atoms with Crippen molar-refractivity contribution in [1.29, 1.82) is 0 Å². The molecule has 0 atom stereocenters. The van der Waals surface area contributed by atoms with Gasteiger partial charge in [-0.05, 0) is 57.3 Å². The van der Waals surface area contributed by atoms with Gasteiger partial charge in [0.15, 0.2) is 17.2 Å². The van der Waals surface area contributed by atoms with Crippen molar-refractivity contribution in [2.45, 2.75) is 13.5 Å². The van der Waals surface area contributed by atoms with Crippen LogP contribution in [0.15, 0.2) is 70.4 Å². The molecule has 12 nitrogen and oxygen atoms in total. The quantitative estimate of drug-likeness (QED) is 0.242. The van der Waals surface area contributed by atoms with Crippen LogP contribution in [0.4, 0.5) is 5.82 Å². The van der Waals surface area contributed by atoms with Crippen LogP contribution < -0.4 is 20.6 Å². The number of fused-ring (bicyclic) bond motifs is 1. The van der Waals surface area contributed by atoms with Crippen molar-refractivity contribution in [2.75, 3.05) is 12.8 Å². The highest BCUT2D eigenvalue weighted by atomic mass is 16.6. The van der Waals surface area contributed by atoms with Crippen molar-refractivity contribution in [3.63, 3.8) is 0 Å². The summed E-state index contributed by atoms with van der Waals surface area (Å²) in [5.74, 6) is 0.572. The molecule has 186 valence electrons. The van der Waals surface area contributed by atoms with Gasteiger partial charge in [0.05, 0.1) is 19.0 Å². The smallest absolute Gasteiger partial charge is 0.292 e. The average molecular weight is 499 g/mol. The molecule has 1 amide bonds. The number of hydrazone groups is 1. The molecule has 12 heteroatoms. The summed E-state index contributed by atoms with van der Waals surface area (Å²) in [6.07, 6.45) is 1.48. The van der Waals surface area contributed by atoms with E-state index in [0.717, 1.165) is 21.0 Å². The average Bonchev–Trinajstić information content (AvgIpc) is 3.52. The van der Waals surface area contributed by atoms with Gasteiger partial charge < -0.3 is 15.2 Å². The number of ether oxygens (including phenoxy) is 2. The molecule has 2 aromatic heterocycles. The van der Waals surface area contributed by atoms with Gasteiger partial charge in [-0.25, -0.2) is 10.1 Å². The molecule has 0 spiro atoms. The third-order valence-electron chi connectivity index (χ3n) is 5.58. The number of hydrogen-bond donors (Lipinski definition) is 2. The molecule has 3 aromatic carbocycles. The summed E-state index contributed by atoms with van der Waals surface area (Å²) in [4.78, 5) is 12.7. The molecule has 0 radical (unpaired) electrons. The minimum absolute atomic E-state index is 0.0303. The van der Waals surface area contributed by atoms with Crippen molar-refractivity contribution in [1.82, 2.24) is 30.7 Å². The molecule has 0 bridgehead atoms. The van der Waals surface area contributed by atoms with Crippen LogP contribution in [0.2, 0.25) is 0 Å². The monoisotopic (exact) mass is 498 g/mol. The number of carbonyl (C=O) groups excluding carboxylic acids is 1. The van der Waals surface area contributed by atoms with Gasteiger partial charge in [0.2, 0.25) is 11.6 Å². The number of aryl methyl sites for hydroxylation is 1. The molecule has 0 saturated carbocycles. The SMILES string of the molecule is COc1cc(/C=N/NC(=O)c2c(C)nnn2-c2nonc2N)ccc1OCc1cccc2ccccc12. The molecule has 37 heavy (non-hydrogen) atoms. The van der Waals surface area contributed by atoms with Gasteiger partial charge in [-0.2, -0.15) is 9.78 Å². The number of carbonyl (C=O) groups is 1. The number of rotatable bonds is 8. The highest BCUT2D eigenvalue weighted by molar-refractivity contribution is 5.95. The highest BCUT2D eigenvalue weighted by Crippen LogP contribution is 2.29. The lowest BCUT2D eigenvalue weighted by molar-refractivity contribution is 0.0946. The summed E-state index contributed by atoms with van der Waals surface area (Å²) in [6.45, 7) is 2.00. The number of aromatic nitrogens is 5. The first-order chi connectivity index (χ1) is 18.0. The summed E-state index contributed by atoms with van der Waals surface area (Å²) in [5.41, 5.74) is 10.4. The zero-order chi connectivity index (χ0) is 25.8. The van der Waals surface area contributed by atoms with E-state index in [4.69, 9.17) is 15.2 Å². The van der Waals surface area contributed by atoms with E-state index in [2.05, 4.69) is 54.0 Å². The van der Waals surface area contributed by atoms with Gasteiger partial charge in [-0.15, -0.1) is 5.10 Å². The Labute approximate surface area is 210 Å². The molecular formula is C25H22N8O4. The first-order valence-corrected chi connectivity index (χ1v) is 11.2. The number of anilines is 1. The van der Waals surface area contributed by atoms with E-state index in [1.165, 1.54) is 6.21 Å². The summed E-state index contributed by atoms with van der Waals surface area (Å²) in [5, 5.41) is 21.2. The molecule has 5 rings (SSSR count). The Morgan fingerprint density at radius 3 is 2.78 bits per heavy atom. The van der Waals surface area contributed by atoms with E-state index < -0.39 is 5.91 Å².